The third-order valence-electron chi connectivity index (χ3n) is 3.39. The quantitative estimate of drug-likeness (QED) is 0.560. The van der Waals surface area contributed by atoms with Gasteiger partial charge in [0.1, 0.15) is 0 Å². The van der Waals surface area contributed by atoms with Crippen molar-refractivity contribution in [3.63, 3.8) is 0 Å². The zero-order chi connectivity index (χ0) is 6.32. The zero-order valence-corrected chi connectivity index (χ0v) is 6.11. The van der Waals surface area contributed by atoms with E-state index >= 15 is 0 Å². The molecule has 0 aliphatic heterocycles. The van der Waals surface area contributed by atoms with Crippen LogP contribution in [0.25, 0.3) is 0 Å². The molecule has 0 saturated heterocycles. The standard InChI is InChI=1S/C8H15N/c1-9-8-5-2-3-7(8)4-6-8/h7,9H,2-6H2,1H3. The van der Waals surface area contributed by atoms with Gasteiger partial charge in [-0.25, -0.2) is 0 Å². The Bertz CT molecular complexity index is 118. The van der Waals surface area contributed by atoms with E-state index < -0.39 is 0 Å². The maximum Gasteiger partial charge on any atom is 0.0206 e. The zero-order valence-electron chi connectivity index (χ0n) is 6.11. The smallest absolute Gasteiger partial charge is 0.0206 e. The van der Waals surface area contributed by atoms with Crippen LogP contribution in [0.2, 0.25) is 0 Å². The van der Waals surface area contributed by atoms with Gasteiger partial charge >= 0.3 is 0 Å². The van der Waals surface area contributed by atoms with E-state index in [0.29, 0.717) is 5.54 Å². The molecule has 0 radical (unpaired) electrons. The Balaban J connectivity index is 2.10. The van der Waals surface area contributed by atoms with Crippen molar-refractivity contribution < 1.29 is 0 Å². The fourth-order valence-corrected chi connectivity index (χ4v) is 2.56. The summed E-state index contributed by atoms with van der Waals surface area (Å²) in [5.74, 6) is 1.04. The lowest BCUT2D eigenvalue weighted by atomic mass is 9.69. The molecule has 52 valence electrons. The van der Waals surface area contributed by atoms with Crippen molar-refractivity contribution in [1.82, 2.24) is 5.32 Å². The summed E-state index contributed by atoms with van der Waals surface area (Å²) in [6, 6.07) is 0. The van der Waals surface area contributed by atoms with Gasteiger partial charge in [-0.05, 0) is 38.6 Å². The molecular formula is C8H15N. The molecule has 0 heterocycles. The molecule has 0 bridgehead atoms. The highest BCUT2D eigenvalue weighted by Crippen LogP contribution is 2.49. The van der Waals surface area contributed by atoms with E-state index in [1.165, 1.54) is 32.1 Å². The summed E-state index contributed by atoms with van der Waals surface area (Å²) in [6.07, 6.45) is 7.32. The summed E-state index contributed by atoms with van der Waals surface area (Å²) in [6.45, 7) is 0. The van der Waals surface area contributed by atoms with Crippen LogP contribution in [0.1, 0.15) is 32.1 Å². The number of rotatable bonds is 1. The van der Waals surface area contributed by atoms with Gasteiger partial charge in [0.2, 0.25) is 0 Å². The highest BCUT2D eigenvalue weighted by molar-refractivity contribution is 5.05. The van der Waals surface area contributed by atoms with E-state index in [9.17, 15) is 0 Å². The van der Waals surface area contributed by atoms with Crippen molar-refractivity contribution in [2.45, 2.75) is 37.6 Å². The molecule has 0 aromatic heterocycles. The van der Waals surface area contributed by atoms with Crippen LogP contribution >= 0.6 is 0 Å². The van der Waals surface area contributed by atoms with E-state index in [1.807, 2.05) is 0 Å². The van der Waals surface area contributed by atoms with Gasteiger partial charge in [-0.15, -0.1) is 0 Å². The molecule has 2 saturated carbocycles. The van der Waals surface area contributed by atoms with Crippen LogP contribution in [-0.2, 0) is 0 Å². The lowest BCUT2D eigenvalue weighted by Crippen LogP contribution is -2.53. The maximum atomic E-state index is 3.48. The predicted molar refractivity (Wildman–Crippen MR) is 38.4 cm³/mol. The molecule has 2 atom stereocenters. The summed E-state index contributed by atoms with van der Waals surface area (Å²) >= 11 is 0. The van der Waals surface area contributed by atoms with Gasteiger partial charge in [-0.3, -0.25) is 0 Å². The normalized spacial score (nSPS) is 48.3. The number of nitrogens with one attached hydrogen (secondary N) is 1. The molecule has 2 unspecified atom stereocenters. The van der Waals surface area contributed by atoms with Crippen molar-refractivity contribution in [3.8, 4) is 0 Å². The molecule has 2 aliphatic rings. The Morgan fingerprint density at radius 3 is 2.56 bits per heavy atom. The highest BCUT2D eigenvalue weighted by atomic mass is 15.0. The first kappa shape index (κ1) is 5.72. The lowest BCUT2D eigenvalue weighted by Gasteiger charge is -2.45. The third-order valence-corrected chi connectivity index (χ3v) is 3.39. The first-order valence-electron chi connectivity index (χ1n) is 4.06. The molecule has 0 aromatic carbocycles. The minimum Gasteiger partial charge on any atom is -0.314 e. The Kier molecular flexibility index (Phi) is 1.10. The molecule has 2 rings (SSSR count). The molecule has 0 amide bonds. The summed E-state index contributed by atoms with van der Waals surface area (Å²) in [4.78, 5) is 0. The minimum atomic E-state index is 0.625. The van der Waals surface area contributed by atoms with Gasteiger partial charge in [0.25, 0.3) is 0 Å². The first-order chi connectivity index (χ1) is 4.37. The Labute approximate surface area is 56.8 Å². The second-order valence-corrected chi connectivity index (χ2v) is 3.53. The van der Waals surface area contributed by atoms with Crippen LogP contribution < -0.4 is 5.32 Å². The van der Waals surface area contributed by atoms with Crippen LogP contribution in [0.3, 0.4) is 0 Å². The second-order valence-electron chi connectivity index (χ2n) is 3.53. The van der Waals surface area contributed by atoms with Gasteiger partial charge in [-0.2, -0.15) is 0 Å². The van der Waals surface area contributed by atoms with Crippen molar-refractivity contribution in [2.75, 3.05) is 7.05 Å². The fraction of sp³-hybridized carbons (Fsp3) is 1.00. The first-order valence-corrected chi connectivity index (χ1v) is 4.06. The molecule has 0 spiro atoms. The topological polar surface area (TPSA) is 12.0 Å². The van der Waals surface area contributed by atoms with Gasteiger partial charge in [0.15, 0.2) is 0 Å². The average Bonchev–Trinajstić information content (AvgIpc) is 2.10. The van der Waals surface area contributed by atoms with Gasteiger partial charge < -0.3 is 5.32 Å². The largest absolute Gasteiger partial charge is 0.314 e. The van der Waals surface area contributed by atoms with E-state index in [-0.39, 0.29) is 0 Å². The van der Waals surface area contributed by atoms with Crippen LogP contribution in [0.15, 0.2) is 0 Å². The molecule has 1 N–H and O–H groups in total. The Morgan fingerprint density at radius 1 is 1.33 bits per heavy atom. The molecule has 2 aliphatic carbocycles. The van der Waals surface area contributed by atoms with Crippen molar-refractivity contribution >= 4 is 0 Å². The number of fused-ring (bicyclic) bond motifs is 1. The van der Waals surface area contributed by atoms with Gasteiger partial charge in [-0.1, -0.05) is 6.42 Å². The van der Waals surface area contributed by atoms with E-state index in [2.05, 4.69) is 12.4 Å². The molecule has 1 nitrogen and oxygen atoms in total. The van der Waals surface area contributed by atoms with E-state index in [0.717, 1.165) is 5.92 Å². The molecular weight excluding hydrogens is 110 g/mol. The third kappa shape index (κ3) is 0.586. The average molecular weight is 125 g/mol. The highest BCUT2D eigenvalue weighted by Gasteiger charge is 2.48. The SMILES string of the molecule is CNC12CCCC1CC2. The van der Waals surface area contributed by atoms with Crippen molar-refractivity contribution in [1.29, 1.82) is 0 Å². The molecule has 9 heavy (non-hydrogen) atoms. The lowest BCUT2D eigenvalue weighted by molar-refractivity contribution is 0.127. The monoisotopic (exact) mass is 125 g/mol. The van der Waals surface area contributed by atoms with E-state index in [1.54, 1.807) is 0 Å². The van der Waals surface area contributed by atoms with Crippen molar-refractivity contribution in [2.24, 2.45) is 5.92 Å². The summed E-state index contributed by atoms with van der Waals surface area (Å²) in [5, 5.41) is 3.48. The summed E-state index contributed by atoms with van der Waals surface area (Å²) < 4.78 is 0. The second kappa shape index (κ2) is 1.72. The van der Waals surface area contributed by atoms with Gasteiger partial charge in [0.05, 0.1) is 0 Å². The van der Waals surface area contributed by atoms with Crippen molar-refractivity contribution in [3.05, 3.63) is 0 Å². The van der Waals surface area contributed by atoms with Crippen LogP contribution in [0.5, 0.6) is 0 Å². The van der Waals surface area contributed by atoms with Crippen LogP contribution in [0, 0.1) is 5.92 Å². The summed E-state index contributed by atoms with van der Waals surface area (Å²) in [7, 11) is 2.12. The molecule has 2 fully saturated rings. The van der Waals surface area contributed by atoms with Crippen LogP contribution in [0.4, 0.5) is 0 Å². The van der Waals surface area contributed by atoms with Gasteiger partial charge in [0, 0.05) is 5.54 Å². The Hall–Kier alpha value is -0.0400. The predicted octanol–water partition coefficient (Wildman–Crippen LogP) is 1.54. The minimum absolute atomic E-state index is 0.625. The summed E-state index contributed by atoms with van der Waals surface area (Å²) in [5.41, 5.74) is 0.625. The number of hydrogen-bond donors (Lipinski definition) is 1. The van der Waals surface area contributed by atoms with Crippen LogP contribution in [-0.4, -0.2) is 12.6 Å². The maximum absolute atomic E-state index is 3.48. The number of hydrogen-bond acceptors (Lipinski definition) is 1. The Morgan fingerprint density at radius 2 is 2.22 bits per heavy atom. The van der Waals surface area contributed by atoms with E-state index in [4.69, 9.17) is 0 Å². The fourth-order valence-electron chi connectivity index (χ4n) is 2.56. The molecule has 1 heteroatoms. The molecule has 0 aromatic rings.